The SMILES string of the molecule is CCC(c1ccccc1C(F)(F)F)N1CCNCC1. The third kappa shape index (κ3) is 3.28. The summed E-state index contributed by atoms with van der Waals surface area (Å²) in [4.78, 5) is 2.14. The van der Waals surface area contributed by atoms with Crippen LogP contribution in [0.3, 0.4) is 0 Å². The summed E-state index contributed by atoms with van der Waals surface area (Å²) in [6.07, 6.45) is -3.59. The van der Waals surface area contributed by atoms with Crippen LogP contribution in [-0.2, 0) is 6.18 Å². The highest BCUT2D eigenvalue weighted by molar-refractivity contribution is 5.32. The monoisotopic (exact) mass is 272 g/mol. The highest BCUT2D eigenvalue weighted by atomic mass is 19.4. The zero-order chi connectivity index (χ0) is 13.9. The van der Waals surface area contributed by atoms with Crippen LogP contribution < -0.4 is 5.32 Å². The Balaban J connectivity index is 2.32. The molecular formula is C14H19F3N2. The highest BCUT2D eigenvalue weighted by Crippen LogP contribution is 2.37. The molecule has 0 saturated carbocycles. The van der Waals surface area contributed by atoms with E-state index in [2.05, 4.69) is 10.2 Å². The summed E-state index contributed by atoms with van der Waals surface area (Å²) in [7, 11) is 0. The summed E-state index contributed by atoms with van der Waals surface area (Å²) in [6, 6.07) is 5.78. The van der Waals surface area contributed by atoms with E-state index in [9.17, 15) is 13.2 Å². The van der Waals surface area contributed by atoms with E-state index in [1.165, 1.54) is 12.1 Å². The van der Waals surface area contributed by atoms with Gasteiger partial charge in [-0.3, -0.25) is 4.90 Å². The van der Waals surface area contributed by atoms with Crippen LogP contribution in [0.15, 0.2) is 24.3 Å². The summed E-state index contributed by atoms with van der Waals surface area (Å²) in [5.41, 5.74) is -0.0974. The minimum Gasteiger partial charge on any atom is -0.314 e. The predicted octanol–water partition coefficient (Wildman–Crippen LogP) is 3.06. The van der Waals surface area contributed by atoms with E-state index >= 15 is 0 Å². The number of rotatable bonds is 3. The molecule has 1 unspecified atom stereocenters. The van der Waals surface area contributed by atoms with Crippen LogP contribution in [0.1, 0.15) is 30.5 Å². The number of hydrogen-bond acceptors (Lipinski definition) is 2. The molecule has 1 aromatic carbocycles. The van der Waals surface area contributed by atoms with Crippen LogP contribution in [0, 0.1) is 0 Å². The molecule has 2 nitrogen and oxygen atoms in total. The molecule has 19 heavy (non-hydrogen) atoms. The molecule has 5 heteroatoms. The van der Waals surface area contributed by atoms with E-state index in [4.69, 9.17) is 0 Å². The van der Waals surface area contributed by atoms with Gasteiger partial charge in [0.1, 0.15) is 0 Å². The Labute approximate surface area is 111 Å². The van der Waals surface area contributed by atoms with Gasteiger partial charge in [0.2, 0.25) is 0 Å². The molecule has 0 amide bonds. The summed E-state index contributed by atoms with van der Waals surface area (Å²) >= 11 is 0. The molecule has 1 aliphatic heterocycles. The summed E-state index contributed by atoms with van der Waals surface area (Å²) in [5.74, 6) is 0. The Kier molecular flexibility index (Phi) is 4.47. The summed E-state index contributed by atoms with van der Waals surface area (Å²) in [5, 5.41) is 3.23. The quantitative estimate of drug-likeness (QED) is 0.909. The van der Waals surface area contributed by atoms with Crippen LogP contribution >= 0.6 is 0 Å². The fourth-order valence-corrected chi connectivity index (χ4v) is 2.71. The largest absolute Gasteiger partial charge is 0.416 e. The lowest BCUT2D eigenvalue weighted by atomic mass is 9.96. The number of benzene rings is 1. The van der Waals surface area contributed by atoms with Crippen LogP contribution in [-0.4, -0.2) is 31.1 Å². The van der Waals surface area contributed by atoms with Gasteiger partial charge in [0, 0.05) is 32.2 Å². The van der Waals surface area contributed by atoms with Crippen molar-refractivity contribution >= 4 is 0 Å². The summed E-state index contributed by atoms with van der Waals surface area (Å²) in [6.45, 7) is 5.21. The summed E-state index contributed by atoms with van der Waals surface area (Å²) < 4.78 is 39.2. The fourth-order valence-electron chi connectivity index (χ4n) is 2.71. The van der Waals surface area contributed by atoms with E-state index in [1.807, 2.05) is 6.92 Å². The van der Waals surface area contributed by atoms with E-state index in [0.29, 0.717) is 12.0 Å². The fraction of sp³-hybridized carbons (Fsp3) is 0.571. The number of hydrogen-bond donors (Lipinski definition) is 1. The van der Waals surface area contributed by atoms with E-state index < -0.39 is 11.7 Å². The van der Waals surface area contributed by atoms with Crippen molar-refractivity contribution in [1.29, 1.82) is 0 Å². The maximum absolute atomic E-state index is 13.1. The zero-order valence-electron chi connectivity index (χ0n) is 11.0. The first kappa shape index (κ1) is 14.3. The van der Waals surface area contributed by atoms with Gasteiger partial charge in [-0.15, -0.1) is 0 Å². The van der Waals surface area contributed by atoms with Crippen molar-refractivity contribution in [1.82, 2.24) is 10.2 Å². The molecule has 0 aromatic heterocycles. The molecule has 0 radical (unpaired) electrons. The maximum Gasteiger partial charge on any atom is 0.416 e. The van der Waals surface area contributed by atoms with Crippen molar-refractivity contribution in [2.24, 2.45) is 0 Å². The lowest BCUT2D eigenvalue weighted by Gasteiger charge is -2.35. The van der Waals surface area contributed by atoms with Crippen LogP contribution in [0.5, 0.6) is 0 Å². The van der Waals surface area contributed by atoms with Gasteiger partial charge in [-0.25, -0.2) is 0 Å². The van der Waals surface area contributed by atoms with E-state index in [1.54, 1.807) is 12.1 Å². The molecule has 1 aromatic rings. The van der Waals surface area contributed by atoms with Crippen molar-refractivity contribution in [2.45, 2.75) is 25.6 Å². The average Bonchev–Trinajstić information content (AvgIpc) is 2.40. The van der Waals surface area contributed by atoms with E-state index in [0.717, 1.165) is 26.2 Å². The lowest BCUT2D eigenvalue weighted by Crippen LogP contribution is -2.45. The second-order valence-electron chi connectivity index (χ2n) is 4.80. The second kappa shape index (κ2) is 5.92. The first-order chi connectivity index (χ1) is 9.04. The van der Waals surface area contributed by atoms with Crippen LogP contribution in [0.2, 0.25) is 0 Å². The first-order valence-electron chi connectivity index (χ1n) is 6.65. The van der Waals surface area contributed by atoms with Gasteiger partial charge in [-0.1, -0.05) is 25.1 Å². The van der Waals surface area contributed by atoms with Gasteiger partial charge in [-0.2, -0.15) is 13.2 Å². The van der Waals surface area contributed by atoms with Crippen molar-refractivity contribution in [3.05, 3.63) is 35.4 Å². The Hall–Kier alpha value is -1.07. The highest BCUT2D eigenvalue weighted by Gasteiger charge is 2.35. The Bertz CT molecular complexity index is 411. The van der Waals surface area contributed by atoms with Gasteiger partial charge in [-0.05, 0) is 18.1 Å². The topological polar surface area (TPSA) is 15.3 Å². The molecule has 106 valence electrons. The molecule has 1 atom stereocenters. The maximum atomic E-state index is 13.1. The molecule has 0 bridgehead atoms. The second-order valence-corrected chi connectivity index (χ2v) is 4.80. The smallest absolute Gasteiger partial charge is 0.314 e. The van der Waals surface area contributed by atoms with Crippen molar-refractivity contribution in [3.8, 4) is 0 Å². The number of nitrogens with zero attached hydrogens (tertiary/aromatic N) is 1. The van der Waals surface area contributed by atoms with Crippen molar-refractivity contribution in [2.75, 3.05) is 26.2 Å². The van der Waals surface area contributed by atoms with Gasteiger partial charge < -0.3 is 5.32 Å². The number of halogens is 3. The predicted molar refractivity (Wildman–Crippen MR) is 68.9 cm³/mol. The van der Waals surface area contributed by atoms with Crippen molar-refractivity contribution < 1.29 is 13.2 Å². The normalized spacial score (nSPS) is 19.4. The average molecular weight is 272 g/mol. The number of nitrogens with one attached hydrogen (secondary N) is 1. The lowest BCUT2D eigenvalue weighted by molar-refractivity contribution is -0.138. The minimum atomic E-state index is -4.28. The third-order valence-electron chi connectivity index (χ3n) is 3.60. The van der Waals surface area contributed by atoms with Gasteiger partial charge in [0.25, 0.3) is 0 Å². The molecule has 1 saturated heterocycles. The Morgan fingerprint density at radius 2 is 1.84 bits per heavy atom. The Morgan fingerprint density at radius 1 is 1.21 bits per heavy atom. The number of alkyl halides is 3. The molecule has 1 N–H and O–H groups in total. The molecule has 0 spiro atoms. The Morgan fingerprint density at radius 3 is 2.42 bits per heavy atom. The first-order valence-corrected chi connectivity index (χ1v) is 6.65. The van der Waals surface area contributed by atoms with E-state index in [-0.39, 0.29) is 6.04 Å². The van der Waals surface area contributed by atoms with Gasteiger partial charge in [0.15, 0.2) is 0 Å². The zero-order valence-corrected chi connectivity index (χ0v) is 11.0. The molecule has 1 heterocycles. The molecule has 2 rings (SSSR count). The minimum absolute atomic E-state index is 0.153. The molecule has 1 fully saturated rings. The standard InChI is InChI=1S/C14H19F3N2/c1-2-13(19-9-7-18-8-10-19)11-5-3-4-6-12(11)14(15,16)17/h3-6,13,18H,2,7-10H2,1H3. The van der Waals surface area contributed by atoms with Crippen LogP contribution in [0.4, 0.5) is 13.2 Å². The molecule has 0 aliphatic carbocycles. The third-order valence-corrected chi connectivity index (χ3v) is 3.60. The number of piperazine rings is 1. The molecule has 1 aliphatic rings. The van der Waals surface area contributed by atoms with Gasteiger partial charge in [0.05, 0.1) is 5.56 Å². The van der Waals surface area contributed by atoms with Crippen LogP contribution in [0.25, 0.3) is 0 Å². The van der Waals surface area contributed by atoms with Crippen molar-refractivity contribution in [3.63, 3.8) is 0 Å². The van der Waals surface area contributed by atoms with Gasteiger partial charge >= 0.3 is 6.18 Å². The molecular weight excluding hydrogens is 253 g/mol.